The maximum atomic E-state index is 13.5. The highest BCUT2D eigenvalue weighted by Crippen LogP contribution is 2.30. The van der Waals surface area contributed by atoms with Crippen LogP contribution in [-0.4, -0.2) is 24.9 Å². The molecule has 19 heavy (non-hydrogen) atoms. The van der Waals surface area contributed by atoms with Crippen molar-refractivity contribution >= 4 is 11.6 Å². The normalized spacial score (nSPS) is 19.9. The van der Waals surface area contributed by atoms with Crippen LogP contribution in [0.4, 0.5) is 23.2 Å². The fourth-order valence-electron chi connectivity index (χ4n) is 1.85. The Kier molecular flexibility index (Phi) is 3.36. The molecule has 1 aliphatic heterocycles. The molecule has 8 heteroatoms. The van der Waals surface area contributed by atoms with Crippen LogP contribution in [0.5, 0.6) is 5.75 Å². The van der Waals surface area contributed by atoms with Crippen molar-refractivity contribution < 1.29 is 27.1 Å². The van der Waals surface area contributed by atoms with E-state index in [2.05, 4.69) is 4.74 Å². The molecule has 1 aromatic rings. The first kappa shape index (κ1) is 13.6. The smallest absolute Gasteiger partial charge is 0.403 e. The number of nitrogens with two attached hydrogens (primary N) is 1. The number of nitrogens with zero attached hydrogens (tertiary/aromatic N) is 1. The van der Waals surface area contributed by atoms with E-state index >= 15 is 0 Å². The maximum absolute atomic E-state index is 13.5. The molecule has 2 rings (SSSR count). The van der Waals surface area contributed by atoms with E-state index in [-0.39, 0.29) is 30.6 Å². The van der Waals surface area contributed by atoms with Crippen molar-refractivity contribution in [1.29, 1.82) is 0 Å². The van der Waals surface area contributed by atoms with Gasteiger partial charge in [0.2, 0.25) is 5.91 Å². The second kappa shape index (κ2) is 4.69. The predicted octanol–water partition coefficient (Wildman–Crippen LogP) is 1.79. The van der Waals surface area contributed by atoms with Gasteiger partial charge in [-0.2, -0.15) is 0 Å². The second-order valence-electron chi connectivity index (χ2n) is 4.13. The Bertz CT molecular complexity index is 504. The van der Waals surface area contributed by atoms with E-state index in [1.54, 1.807) is 0 Å². The summed E-state index contributed by atoms with van der Waals surface area (Å²) in [6.45, 7) is 0.206. The van der Waals surface area contributed by atoms with E-state index in [9.17, 15) is 22.4 Å². The van der Waals surface area contributed by atoms with Crippen molar-refractivity contribution in [3.63, 3.8) is 0 Å². The number of alkyl halides is 3. The summed E-state index contributed by atoms with van der Waals surface area (Å²) < 4.78 is 52.9. The van der Waals surface area contributed by atoms with Crippen LogP contribution < -0.4 is 15.4 Å². The highest BCUT2D eigenvalue weighted by atomic mass is 19.4. The van der Waals surface area contributed by atoms with E-state index in [0.29, 0.717) is 0 Å². The Morgan fingerprint density at radius 1 is 1.37 bits per heavy atom. The molecular weight excluding hydrogens is 268 g/mol. The summed E-state index contributed by atoms with van der Waals surface area (Å²) in [7, 11) is 0. The molecule has 0 spiro atoms. The van der Waals surface area contributed by atoms with Crippen molar-refractivity contribution in [2.45, 2.75) is 18.8 Å². The second-order valence-corrected chi connectivity index (χ2v) is 4.13. The van der Waals surface area contributed by atoms with Crippen LogP contribution in [0.15, 0.2) is 18.2 Å². The molecule has 4 nitrogen and oxygen atoms in total. The van der Waals surface area contributed by atoms with Crippen LogP contribution in [0.25, 0.3) is 0 Å². The fraction of sp³-hybridized carbons (Fsp3) is 0.364. The zero-order valence-corrected chi connectivity index (χ0v) is 9.58. The molecule has 1 unspecified atom stereocenters. The van der Waals surface area contributed by atoms with Gasteiger partial charge in [0.05, 0.1) is 0 Å². The molecule has 0 saturated carbocycles. The first-order chi connectivity index (χ1) is 8.76. The lowest BCUT2D eigenvalue weighted by Gasteiger charge is -2.17. The molecule has 1 fully saturated rings. The summed E-state index contributed by atoms with van der Waals surface area (Å²) in [5.41, 5.74) is 5.73. The fourth-order valence-corrected chi connectivity index (χ4v) is 1.85. The number of carbonyl (C=O) groups excluding carboxylic acids is 1. The van der Waals surface area contributed by atoms with Crippen LogP contribution in [-0.2, 0) is 4.79 Å². The zero-order chi connectivity index (χ0) is 14.2. The minimum atomic E-state index is -4.96. The van der Waals surface area contributed by atoms with Crippen molar-refractivity contribution in [2.75, 3.05) is 11.4 Å². The van der Waals surface area contributed by atoms with Crippen molar-refractivity contribution in [3.8, 4) is 5.75 Å². The Labute approximate surface area is 105 Å². The monoisotopic (exact) mass is 278 g/mol. The quantitative estimate of drug-likeness (QED) is 0.839. The third-order valence-electron chi connectivity index (χ3n) is 2.61. The Hall–Kier alpha value is -1.83. The van der Waals surface area contributed by atoms with E-state index in [4.69, 9.17) is 5.73 Å². The van der Waals surface area contributed by atoms with Crippen molar-refractivity contribution in [1.82, 2.24) is 0 Å². The standard InChI is InChI=1S/C11H10F4N2O2/c12-8-4-7(17-5-6(16)3-10(17)18)1-2-9(8)19-11(13,14)15/h1-2,4,6H,3,5,16H2. The molecule has 1 atom stereocenters. The van der Waals surface area contributed by atoms with Gasteiger partial charge >= 0.3 is 6.36 Å². The van der Waals surface area contributed by atoms with Gasteiger partial charge in [-0.25, -0.2) is 4.39 Å². The Morgan fingerprint density at radius 3 is 2.53 bits per heavy atom. The molecule has 1 saturated heterocycles. The van der Waals surface area contributed by atoms with Gasteiger partial charge in [-0.1, -0.05) is 0 Å². The van der Waals surface area contributed by atoms with Gasteiger partial charge in [0, 0.05) is 30.8 Å². The largest absolute Gasteiger partial charge is 0.573 e. The number of anilines is 1. The molecule has 0 radical (unpaired) electrons. The van der Waals surface area contributed by atoms with Gasteiger partial charge in [-0.15, -0.1) is 13.2 Å². The molecule has 104 valence electrons. The molecular formula is C11H10F4N2O2. The SMILES string of the molecule is NC1CC(=O)N(c2ccc(OC(F)(F)F)c(F)c2)C1. The number of hydrogen-bond donors (Lipinski definition) is 1. The van der Waals surface area contributed by atoms with Crippen molar-refractivity contribution in [2.24, 2.45) is 5.73 Å². The highest BCUT2D eigenvalue weighted by Gasteiger charge is 2.33. The van der Waals surface area contributed by atoms with Crippen LogP contribution in [0.3, 0.4) is 0 Å². The van der Waals surface area contributed by atoms with Gasteiger partial charge in [0.25, 0.3) is 0 Å². The third-order valence-corrected chi connectivity index (χ3v) is 2.61. The number of benzene rings is 1. The van der Waals surface area contributed by atoms with Crippen LogP contribution in [0, 0.1) is 5.82 Å². The maximum Gasteiger partial charge on any atom is 0.573 e. The molecule has 2 N–H and O–H groups in total. The topological polar surface area (TPSA) is 55.6 Å². The summed E-state index contributed by atoms with van der Waals surface area (Å²) in [6.07, 6.45) is -4.84. The van der Waals surface area contributed by atoms with Gasteiger partial charge in [-0.05, 0) is 12.1 Å². The lowest BCUT2D eigenvalue weighted by atomic mass is 10.2. The average molecular weight is 278 g/mol. The first-order valence-electron chi connectivity index (χ1n) is 5.37. The molecule has 0 aliphatic carbocycles. The summed E-state index contributed by atoms with van der Waals surface area (Å²) in [5, 5.41) is 0. The lowest BCUT2D eigenvalue weighted by molar-refractivity contribution is -0.275. The number of hydrogen-bond acceptors (Lipinski definition) is 3. The number of amides is 1. The summed E-state index contributed by atoms with van der Waals surface area (Å²) in [4.78, 5) is 12.7. The average Bonchev–Trinajstić information content (AvgIpc) is 2.59. The molecule has 1 amide bonds. The summed E-state index contributed by atoms with van der Waals surface area (Å²) in [6, 6.07) is 2.47. The highest BCUT2D eigenvalue weighted by molar-refractivity contribution is 5.96. The molecule has 1 aliphatic rings. The van der Waals surface area contributed by atoms with E-state index < -0.39 is 17.9 Å². The molecule has 0 bridgehead atoms. The van der Waals surface area contributed by atoms with Gasteiger partial charge in [0.1, 0.15) is 0 Å². The van der Waals surface area contributed by atoms with E-state index in [0.717, 1.165) is 12.1 Å². The summed E-state index contributed by atoms with van der Waals surface area (Å²) >= 11 is 0. The number of halogens is 4. The third kappa shape index (κ3) is 3.14. The Balaban J connectivity index is 2.22. The number of rotatable bonds is 2. The van der Waals surface area contributed by atoms with Crippen molar-refractivity contribution in [3.05, 3.63) is 24.0 Å². The van der Waals surface area contributed by atoms with Gasteiger partial charge in [-0.3, -0.25) is 4.79 Å². The number of carbonyl (C=O) groups is 1. The van der Waals surface area contributed by atoms with Crippen LogP contribution in [0.1, 0.15) is 6.42 Å². The van der Waals surface area contributed by atoms with Crippen LogP contribution in [0.2, 0.25) is 0 Å². The minimum absolute atomic E-state index is 0.127. The van der Waals surface area contributed by atoms with E-state index in [1.165, 1.54) is 11.0 Å². The summed E-state index contributed by atoms with van der Waals surface area (Å²) in [5.74, 6) is -2.42. The predicted molar refractivity (Wildman–Crippen MR) is 58.0 cm³/mol. The molecule has 0 aromatic heterocycles. The zero-order valence-electron chi connectivity index (χ0n) is 9.58. The van der Waals surface area contributed by atoms with E-state index in [1.807, 2.05) is 0 Å². The van der Waals surface area contributed by atoms with Gasteiger partial charge in [0.15, 0.2) is 11.6 Å². The first-order valence-corrected chi connectivity index (χ1v) is 5.37. The van der Waals surface area contributed by atoms with Crippen LogP contribution >= 0.6 is 0 Å². The molecule has 1 aromatic carbocycles. The van der Waals surface area contributed by atoms with Gasteiger partial charge < -0.3 is 15.4 Å². The number of ether oxygens (including phenoxy) is 1. The minimum Gasteiger partial charge on any atom is -0.403 e. The Morgan fingerprint density at radius 2 is 2.05 bits per heavy atom. The lowest BCUT2D eigenvalue weighted by Crippen LogP contribution is -2.28. The molecule has 1 heterocycles.